The molecule has 20 heavy (non-hydrogen) atoms. The van der Waals surface area contributed by atoms with Crippen molar-refractivity contribution in [3.63, 3.8) is 0 Å². The van der Waals surface area contributed by atoms with Crippen molar-refractivity contribution >= 4 is 5.78 Å². The first-order chi connectivity index (χ1) is 9.38. The average Bonchev–Trinajstić information content (AvgIpc) is 2.56. The number of hydrogen-bond acceptors (Lipinski definition) is 2. The van der Waals surface area contributed by atoms with E-state index in [9.17, 15) is 4.79 Å². The van der Waals surface area contributed by atoms with Gasteiger partial charge in [-0.2, -0.15) is 0 Å². The van der Waals surface area contributed by atoms with Crippen LogP contribution in [0.2, 0.25) is 0 Å². The summed E-state index contributed by atoms with van der Waals surface area (Å²) < 4.78 is 0. The standard InChI is InChI=1S/C18H33NO/c1-14-8-6-5-7-11-19(14)13-15-12-16(18(2,3)4)9-10-17(15)20/h14-16H,5-13H2,1-4H3. The van der Waals surface area contributed by atoms with E-state index in [4.69, 9.17) is 0 Å². The van der Waals surface area contributed by atoms with Crippen molar-refractivity contribution in [2.24, 2.45) is 17.3 Å². The molecule has 1 heterocycles. The number of hydrogen-bond donors (Lipinski definition) is 0. The van der Waals surface area contributed by atoms with Crippen LogP contribution in [0.1, 0.15) is 72.6 Å². The normalized spacial score (nSPS) is 34.0. The van der Waals surface area contributed by atoms with Crippen LogP contribution in [0.5, 0.6) is 0 Å². The van der Waals surface area contributed by atoms with Gasteiger partial charge in [0.05, 0.1) is 0 Å². The Hall–Kier alpha value is -0.370. The lowest BCUT2D eigenvalue weighted by molar-refractivity contribution is -0.127. The molecule has 116 valence electrons. The van der Waals surface area contributed by atoms with E-state index in [1.54, 1.807) is 0 Å². The molecule has 0 amide bonds. The summed E-state index contributed by atoms with van der Waals surface area (Å²) in [5, 5.41) is 0. The van der Waals surface area contributed by atoms with Gasteiger partial charge < -0.3 is 0 Å². The van der Waals surface area contributed by atoms with E-state index in [1.165, 1.54) is 32.2 Å². The highest BCUT2D eigenvalue weighted by Gasteiger charge is 2.36. The highest BCUT2D eigenvalue weighted by Crippen LogP contribution is 2.39. The van der Waals surface area contributed by atoms with Gasteiger partial charge in [0.25, 0.3) is 0 Å². The number of rotatable bonds is 2. The maximum Gasteiger partial charge on any atom is 0.137 e. The minimum Gasteiger partial charge on any atom is -0.300 e. The Balaban J connectivity index is 1.97. The molecule has 0 aromatic carbocycles. The monoisotopic (exact) mass is 279 g/mol. The molecule has 0 radical (unpaired) electrons. The lowest BCUT2D eigenvalue weighted by atomic mass is 9.68. The molecule has 0 N–H and O–H groups in total. The molecule has 2 rings (SSSR count). The zero-order valence-corrected chi connectivity index (χ0v) is 14.0. The fourth-order valence-electron chi connectivity index (χ4n) is 3.96. The quantitative estimate of drug-likeness (QED) is 0.752. The van der Waals surface area contributed by atoms with Crippen LogP contribution in [-0.2, 0) is 4.79 Å². The Morgan fingerprint density at radius 1 is 1.15 bits per heavy atom. The number of nitrogens with zero attached hydrogens (tertiary/aromatic N) is 1. The van der Waals surface area contributed by atoms with E-state index < -0.39 is 0 Å². The van der Waals surface area contributed by atoms with Crippen LogP contribution in [-0.4, -0.2) is 29.8 Å². The second kappa shape index (κ2) is 6.60. The van der Waals surface area contributed by atoms with Crippen LogP contribution in [0.3, 0.4) is 0 Å². The fraction of sp³-hybridized carbons (Fsp3) is 0.944. The molecular formula is C18H33NO. The summed E-state index contributed by atoms with van der Waals surface area (Å²) in [7, 11) is 0. The van der Waals surface area contributed by atoms with Gasteiger partial charge in [-0.25, -0.2) is 0 Å². The zero-order chi connectivity index (χ0) is 14.8. The molecule has 2 heteroatoms. The van der Waals surface area contributed by atoms with Crippen molar-refractivity contribution in [1.29, 1.82) is 0 Å². The lowest BCUT2D eigenvalue weighted by Crippen LogP contribution is -2.42. The number of ketones is 1. The van der Waals surface area contributed by atoms with E-state index in [-0.39, 0.29) is 0 Å². The van der Waals surface area contributed by atoms with E-state index in [2.05, 4.69) is 32.6 Å². The fourth-order valence-corrected chi connectivity index (χ4v) is 3.96. The summed E-state index contributed by atoms with van der Waals surface area (Å²) in [6.07, 6.45) is 8.39. The smallest absolute Gasteiger partial charge is 0.137 e. The van der Waals surface area contributed by atoms with E-state index >= 15 is 0 Å². The molecule has 0 spiro atoms. The van der Waals surface area contributed by atoms with Gasteiger partial charge in [-0.15, -0.1) is 0 Å². The van der Waals surface area contributed by atoms with Crippen LogP contribution >= 0.6 is 0 Å². The van der Waals surface area contributed by atoms with Crippen molar-refractivity contribution in [3.8, 4) is 0 Å². The molecule has 2 nitrogen and oxygen atoms in total. The third-order valence-corrected chi connectivity index (χ3v) is 5.63. The van der Waals surface area contributed by atoms with Crippen LogP contribution in [0.4, 0.5) is 0 Å². The molecule has 2 aliphatic rings. The predicted molar refractivity (Wildman–Crippen MR) is 84.8 cm³/mol. The maximum absolute atomic E-state index is 12.3. The van der Waals surface area contributed by atoms with Gasteiger partial charge in [0.2, 0.25) is 0 Å². The summed E-state index contributed by atoms with van der Waals surface area (Å²) in [6, 6.07) is 0.667. The second-order valence-corrected chi connectivity index (χ2v) is 8.19. The van der Waals surface area contributed by atoms with Gasteiger partial charge in [0, 0.05) is 24.9 Å². The molecule has 0 aromatic rings. The largest absolute Gasteiger partial charge is 0.300 e. The van der Waals surface area contributed by atoms with Crippen molar-refractivity contribution in [2.45, 2.75) is 78.7 Å². The first-order valence-corrected chi connectivity index (χ1v) is 8.64. The van der Waals surface area contributed by atoms with Crippen LogP contribution in [0, 0.1) is 17.3 Å². The molecule has 1 aliphatic carbocycles. The predicted octanol–water partition coefficient (Wildman–Crippen LogP) is 4.28. The molecular weight excluding hydrogens is 246 g/mol. The number of carbonyl (C=O) groups excluding carboxylic acids is 1. The van der Waals surface area contributed by atoms with Gasteiger partial charge in [-0.1, -0.05) is 33.6 Å². The number of carbonyl (C=O) groups is 1. The summed E-state index contributed by atoms with van der Waals surface area (Å²) in [4.78, 5) is 14.9. The number of Topliss-reactive ketones (excluding diaryl/α,β-unsaturated/α-hetero) is 1. The molecule has 1 aliphatic heterocycles. The maximum atomic E-state index is 12.3. The molecule has 1 saturated carbocycles. The Bertz CT molecular complexity index is 331. The van der Waals surface area contributed by atoms with E-state index in [1.807, 2.05) is 0 Å². The summed E-state index contributed by atoms with van der Waals surface area (Å²) >= 11 is 0. The topological polar surface area (TPSA) is 20.3 Å². The Morgan fingerprint density at radius 2 is 1.90 bits per heavy atom. The zero-order valence-electron chi connectivity index (χ0n) is 14.0. The minimum absolute atomic E-state index is 0.300. The lowest BCUT2D eigenvalue weighted by Gasteiger charge is -2.39. The highest BCUT2D eigenvalue weighted by molar-refractivity contribution is 5.82. The molecule has 3 atom stereocenters. The van der Waals surface area contributed by atoms with Crippen LogP contribution in [0.15, 0.2) is 0 Å². The van der Waals surface area contributed by atoms with Gasteiger partial charge in [0.1, 0.15) is 5.78 Å². The summed E-state index contributed by atoms with van der Waals surface area (Å²) in [5.74, 6) is 1.54. The van der Waals surface area contributed by atoms with Gasteiger partial charge in [-0.3, -0.25) is 9.69 Å². The van der Waals surface area contributed by atoms with E-state index in [0.29, 0.717) is 29.1 Å². The Morgan fingerprint density at radius 3 is 2.60 bits per heavy atom. The third-order valence-electron chi connectivity index (χ3n) is 5.63. The van der Waals surface area contributed by atoms with Crippen molar-refractivity contribution < 1.29 is 4.79 Å². The third kappa shape index (κ3) is 4.07. The first-order valence-electron chi connectivity index (χ1n) is 8.64. The molecule has 1 saturated heterocycles. The van der Waals surface area contributed by atoms with Gasteiger partial charge >= 0.3 is 0 Å². The molecule has 0 aromatic heterocycles. The summed E-state index contributed by atoms with van der Waals surface area (Å²) in [5.41, 5.74) is 0.351. The Kier molecular flexibility index (Phi) is 5.28. The summed E-state index contributed by atoms with van der Waals surface area (Å²) in [6.45, 7) is 11.6. The molecule has 3 unspecified atom stereocenters. The van der Waals surface area contributed by atoms with Crippen LogP contribution in [0.25, 0.3) is 0 Å². The van der Waals surface area contributed by atoms with Gasteiger partial charge in [0.15, 0.2) is 0 Å². The van der Waals surface area contributed by atoms with Crippen molar-refractivity contribution in [2.75, 3.05) is 13.1 Å². The molecule has 0 bridgehead atoms. The SMILES string of the molecule is CC1CCCCCN1CC1CC(C(C)(C)C)CCC1=O. The average molecular weight is 279 g/mol. The molecule has 2 fully saturated rings. The minimum atomic E-state index is 0.300. The van der Waals surface area contributed by atoms with Crippen molar-refractivity contribution in [3.05, 3.63) is 0 Å². The first kappa shape index (κ1) is 16.0. The van der Waals surface area contributed by atoms with Crippen LogP contribution < -0.4 is 0 Å². The highest BCUT2D eigenvalue weighted by atomic mass is 16.1. The second-order valence-electron chi connectivity index (χ2n) is 8.19. The Labute approximate surface area is 125 Å². The van der Waals surface area contributed by atoms with E-state index in [0.717, 1.165) is 25.8 Å². The van der Waals surface area contributed by atoms with Gasteiger partial charge in [-0.05, 0) is 50.5 Å². The van der Waals surface area contributed by atoms with Crippen molar-refractivity contribution in [1.82, 2.24) is 4.90 Å². The number of likely N-dealkylation sites (tertiary alicyclic amines) is 1.